The van der Waals surface area contributed by atoms with Crippen LogP contribution in [-0.4, -0.2) is 99.1 Å². The van der Waals surface area contributed by atoms with E-state index in [0.29, 0.717) is 49.1 Å². The summed E-state index contributed by atoms with van der Waals surface area (Å²) in [4.78, 5) is 59.1. The summed E-state index contributed by atoms with van der Waals surface area (Å²) in [5.74, 6) is -1.07. The lowest BCUT2D eigenvalue weighted by atomic mass is 9.78. The largest absolute Gasteiger partial charge is 0.480 e. The molecule has 0 spiro atoms. The molecule has 3 aliphatic heterocycles. The Bertz CT molecular complexity index is 1240. The lowest BCUT2D eigenvalue weighted by Gasteiger charge is -2.47. The van der Waals surface area contributed by atoms with Crippen LogP contribution >= 0.6 is 11.6 Å². The summed E-state index contributed by atoms with van der Waals surface area (Å²) in [5, 5.41) is 17.6. The molecule has 214 valence electrons. The molecule has 1 aromatic heterocycles. The monoisotopic (exact) mass is 572 g/mol. The van der Waals surface area contributed by atoms with Gasteiger partial charge in [0.2, 0.25) is 23.5 Å². The van der Waals surface area contributed by atoms with Crippen molar-refractivity contribution in [2.45, 2.75) is 44.6 Å². The SMILES string of the molecule is O=C(O)C1[C@@H](CC2CCNCC2)C(=O)N1C(=O)N1CCN(C(=O)CCCc2nc(-c3ccc(Cl)cc3)no2)CC1. The molecule has 12 nitrogen and oxygen atoms in total. The Hall–Kier alpha value is -3.51. The number of hydrogen-bond acceptors (Lipinski definition) is 8. The van der Waals surface area contributed by atoms with Gasteiger partial charge in [-0.3, -0.25) is 9.59 Å². The van der Waals surface area contributed by atoms with Gasteiger partial charge in [0.15, 0.2) is 6.04 Å². The fourth-order valence-corrected chi connectivity index (χ4v) is 5.80. The Morgan fingerprint density at radius 2 is 1.73 bits per heavy atom. The predicted octanol–water partition coefficient (Wildman–Crippen LogP) is 2.28. The van der Waals surface area contributed by atoms with Crippen molar-refractivity contribution >= 4 is 35.4 Å². The highest BCUT2D eigenvalue weighted by molar-refractivity contribution is 6.30. The minimum Gasteiger partial charge on any atom is -0.480 e. The average Bonchev–Trinajstić information content (AvgIpc) is 3.43. The van der Waals surface area contributed by atoms with Crippen molar-refractivity contribution in [3.8, 4) is 11.4 Å². The van der Waals surface area contributed by atoms with Gasteiger partial charge in [-0.15, -0.1) is 0 Å². The molecule has 3 fully saturated rings. The summed E-state index contributed by atoms with van der Waals surface area (Å²) in [5.41, 5.74) is 0.787. The van der Waals surface area contributed by atoms with Gasteiger partial charge in [-0.1, -0.05) is 16.8 Å². The van der Waals surface area contributed by atoms with Gasteiger partial charge in [-0.05, 0) is 69.0 Å². The molecule has 40 heavy (non-hydrogen) atoms. The summed E-state index contributed by atoms with van der Waals surface area (Å²) in [6, 6.07) is 5.39. The Morgan fingerprint density at radius 1 is 1.05 bits per heavy atom. The smallest absolute Gasteiger partial charge is 0.327 e. The quantitative estimate of drug-likeness (QED) is 0.454. The number of carbonyl (C=O) groups is 4. The van der Waals surface area contributed by atoms with Crippen molar-refractivity contribution in [1.82, 2.24) is 30.2 Å². The van der Waals surface area contributed by atoms with Crippen LogP contribution in [0.5, 0.6) is 0 Å². The van der Waals surface area contributed by atoms with Gasteiger partial charge in [0.25, 0.3) is 0 Å². The molecule has 0 aliphatic carbocycles. The number of imide groups is 1. The second kappa shape index (κ2) is 12.3. The van der Waals surface area contributed by atoms with Crippen molar-refractivity contribution in [3.63, 3.8) is 0 Å². The second-order valence-corrected chi connectivity index (χ2v) is 11.0. The molecule has 5 rings (SSSR count). The third kappa shape index (κ3) is 6.12. The molecule has 3 saturated heterocycles. The first kappa shape index (κ1) is 28.0. The van der Waals surface area contributed by atoms with Gasteiger partial charge < -0.3 is 24.7 Å². The fraction of sp³-hybridized carbons (Fsp3) is 0.556. The molecule has 0 saturated carbocycles. The molecule has 3 aliphatic rings. The van der Waals surface area contributed by atoms with Crippen LogP contribution in [0.3, 0.4) is 0 Å². The van der Waals surface area contributed by atoms with Crippen molar-refractivity contribution in [2.75, 3.05) is 39.3 Å². The summed E-state index contributed by atoms with van der Waals surface area (Å²) < 4.78 is 5.30. The van der Waals surface area contributed by atoms with E-state index in [1.165, 1.54) is 4.90 Å². The number of carbonyl (C=O) groups excluding carboxylic acids is 3. The maximum absolute atomic E-state index is 13.1. The molecular weight excluding hydrogens is 540 g/mol. The third-order valence-corrected chi connectivity index (χ3v) is 8.23. The number of nitrogens with zero attached hydrogens (tertiary/aromatic N) is 5. The molecule has 1 unspecified atom stereocenters. The Morgan fingerprint density at radius 3 is 2.40 bits per heavy atom. The van der Waals surface area contributed by atoms with E-state index in [2.05, 4.69) is 15.5 Å². The molecule has 2 atom stereocenters. The number of urea groups is 1. The van der Waals surface area contributed by atoms with Crippen LogP contribution in [0.1, 0.15) is 38.0 Å². The maximum Gasteiger partial charge on any atom is 0.327 e. The molecular formula is C27H33ClN6O6. The molecule has 2 aromatic rings. The van der Waals surface area contributed by atoms with E-state index in [0.717, 1.165) is 36.4 Å². The first-order valence-electron chi connectivity index (χ1n) is 13.7. The van der Waals surface area contributed by atoms with Crippen LogP contribution in [0.25, 0.3) is 11.4 Å². The first-order valence-corrected chi connectivity index (χ1v) is 14.1. The topological polar surface area (TPSA) is 149 Å². The number of halogens is 1. The zero-order valence-electron chi connectivity index (χ0n) is 22.1. The minimum atomic E-state index is -1.15. The van der Waals surface area contributed by atoms with Crippen molar-refractivity contribution in [2.24, 2.45) is 11.8 Å². The van der Waals surface area contributed by atoms with E-state index in [1.807, 2.05) is 0 Å². The number of aliphatic carboxylic acids is 1. The van der Waals surface area contributed by atoms with Gasteiger partial charge >= 0.3 is 12.0 Å². The summed E-state index contributed by atoms with van der Waals surface area (Å²) in [6.45, 7) is 2.85. The number of piperazine rings is 1. The van der Waals surface area contributed by atoms with Gasteiger partial charge in [0.05, 0.1) is 5.92 Å². The van der Waals surface area contributed by atoms with Crippen LogP contribution in [-0.2, 0) is 20.8 Å². The second-order valence-electron chi connectivity index (χ2n) is 10.5. The van der Waals surface area contributed by atoms with Crippen LogP contribution in [0, 0.1) is 11.8 Å². The zero-order chi connectivity index (χ0) is 28.2. The molecule has 0 radical (unpaired) electrons. The summed E-state index contributed by atoms with van der Waals surface area (Å²) >= 11 is 5.91. The minimum absolute atomic E-state index is 0.0463. The summed E-state index contributed by atoms with van der Waals surface area (Å²) in [6.07, 6.45) is 3.57. The number of nitrogens with one attached hydrogen (secondary N) is 1. The number of likely N-dealkylation sites (tertiary alicyclic amines) is 1. The number of amides is 4. The predicted molar refractivity (Wildman–Crippen MR) is 143 cm³/mol. The number of benzene rings is 1. The van der Waals surface area contributed by atoms with E-state index in [9.17, 15) is 24.3 Å². The van der Waals surface area contributed by atoms with Crippen LogP contribution in [0.15, 0.2) is 28.8 Å². The number of hydrogen-bond donors (Lipinski definition) is 2. The van der Waals surface area contributed by atoms with Crippen molar-refractivity contribution in [3.05, 3.63) is 35.2 Å². The van der Waals surface area contributed by atoms with E-state index in [4.69, 9.17) is 16.1 Å². The standard InChI is InChI=1S/C27H33ClN6O6/c28-19-6-4-18(5-7-19)24-30-21(40-31-24)2-1-3-22(35)32-12-14-33(15-13-32)27(39)34-23(26(37)38)20(25(34)36)16-17-8-10-29-11-9-17/h4-7,17,20,23,29H,1-3,8-16H2,(H,37,38)/t20-,23?/m1/s1. The highest BCUT2D eigenvalue weighted by atomic mass is 35.5. The molecule has 2 N–H and O–H groups in total. The van der Waals surface area contributed by atoms with Crippen molar-refractivity contribution < 1.29 is 28.8 Å². The number of piperidine rings is 1. The number of carboxylic acid groups (broad SMARTS) is 1. The zero-order valence-corrected chi connectivity index (χ0v) is 22.9. The van der Waals surface area contributed by atoms with Crippen LogP contribution in [0.4, 0.5) is 4.79 Å². The Kier molecular flexibility index (Phi) is 8.65. The highest BCUT2D eigenvalue weighted by Gasteiger charge is 2.56. The van der Waals surface area contributed by atoms with E-state index in [1.54, 1.807) is 29.2 Å². The van der Waals surface area contributed by atoms with E-state index < -0.39 is 29.9 Å². The molecule has 13 heteroatoms. The fourth-order valence-electron chi connectivity index (χ4n) is 5.67. The number of rotatable bonds is 8. The Labute approximate surface area is 236 Å². The summed E-state index contributed by atoms with van der Waals surface area (Å²) in [7, 11) is 0. The lowest BCUT2D eigenvalue weighted by Crippen LogP contribution is -2.69. The maximum atomic E-state index is 13.1. The highest BCUT2D eigenvalue weighted by Crippen LogP contribution is 2.35. The molecule has 0 bridgehead atoms. The molecule has 4 amide bonds. The number of aryl methyl sites for hydroxylation is 1. The number of aromatic nitrogens is 2. The lowest BCUT2D eigenvalue weighted by molar-refractivity contribution is -0.167. The van der Waals surface area contributed by atoms with E-state index >= 15 is 0 Å². The van der Waals surface area contributed by atoms with Crippen molar-refractivity contribution in [1.29, 1.82) is 0 Å². The van der Waals surface area contributed by atoms with Crippen LogP contribution < -0.4 is 5.32 Å². The normalized spacial score (nSPS) is 21.8. The van der Waals surface area contributed by atoms with Gasteiger partial charge in [-0.2, -0.15) is 4.98 Å². The first-order chi connectivity index (χ1) is 19.3. The average molecular weight is 573 g/mol. The van der Waals surface area contributed by atoms with Gasteiger partial charge in [0.1, 0.15) is 0 Å². The Balaban J connectivity index is 1.06. The van der Waals surface area contributed by atoms with Gasteiger partial charge in [0, 0.05) is 49.6 Å². The van der Waals surface area contributed by atoms with E-state index in [-0.39, 0.29) is 31.3 Å². The van der Waals surface area contributed by atoms with Crippen LogP contribution in [0.2, 0.25) is 5.02 Å². The third-order valence-electron chi connectivity index (χ3n) is 7.97. The van der Waals surface area contributed by atoms with Gasteiger partial charge in [-0.25, -0.2) is 14.5 Å². The molecule has 1 aromatic carbocycles. The molecule has 4 heterocycles. The number of carboxylic acids is 1. The number of β-lactam (4-membered cyclic amide) rings is 1.